The summed E-state index contributed by atoms with van der Waals surface area (Å²) >= 11 is 1.19. The molecule has 0 spiro atoms. The van der Waals surface area contributed by atoms with Crippen LogP contribution in [0.2, 0.25) is 0 Å². The van der Waals surface area contributed by atoms with E-state index < -0.39 is 10.0 Å². The third-order valence-electron chi connectivity index (χ3n) is 5.25. The Morgan fingerprint density at radius 3 is 2.44 bits per heavy atom. The highest BCUT2D eigenvalue weighted by Gasteiger charge is 2.23. The Morgan fingerprint density at radius 1 is 1.03 bits per heavy atom. The number of para-hydroxylation sites is 1. The number of nitrogens with one attached hydrogen (secondary N) is 1. The molecule has 2 aromatic carbocycles. The van der Waals surface area contributed by atoms with E-state index in [2.05, 4.69) is 9.71 Å². The summed E-state index contributed by atoms with van der Waals surface area (Å²) in [6.45, 7) is 2.22. The number of carbonyl (C=O) groups excluding carboxylic acids is 1. The lowest BCUT2D eigenvalue weighted by molar-refractivity contribution is -0.131. The highest BCUT2D eigenvalue weighted by atomic mass is 32.2. The molecule has 1 aromatic heterocycles. The summed E-state index contributed by atoms with van der Waals surface area (Å²) in [4.78, 5) is 20.8. The molecule has 0 atom stereocenters. The van der Waals surface area contributed by atoms with Crippen LogP contribution >= 0.6 is 11.3 Å². The first kappa shape index (κ1) is 22.2. The molecule has 0 bridgehead atoms. The lowest BCUT2D eigenvalue weighted by Gasteiger charge is -2.36. The molecule has 32 heavy (non-hydrogen) atoms. The molecule has 4 rings (SSSR count). The fourth-order valence-electron chi connectivity index (χ4n) is 3.54. The van der Waals surface area contributed by atoms with E-state index >= 15 is 0 Å². The standard InChI is InChI=1S/C22H23FN4O3S2/c23-19-8-4-5-9-20(19)26-12-14-27(15-13-26)21(28)11-10-17-16-31-22(24-17)25-32(29,30)18-6-2-1-3-7-18/h1-9,16H,10-15H2,(H,24,25). The van der Waals surface area contributed by atoms with Crippen LogP contribution in [0.5, 0.6) is 0 Å². The zero-order valence-electron chi connectivity index (χ0n) is 17.3. The second kappa shape index (κ2) is 9.66. The first-order valence-electron chi connectivity index (χ1n) is 10.2. The fraction of sp³-hybridized carbons (Fsp3) is 0.273. The largest absolute Gasteiger partial charge is 0.366 e. The predicted octanol–water partition coefficient (Wildman–Crippen LogP) is 3.36. The van der Waals surface area contributed by atoms with Gasteiger partial charge in [-0.2, -0.15) is 0 Å². The number of nitrogens with zero attached hydrogens (tertiary/aromatic N) is 3. The van der Waals surface area contributed by atoms with Crippen molar-refractivity contribution in [2.45, 2.75) is 17.7 Å². The van der Waals surface area contributed by atoms with Gasteiger partial charge in [-0.3, -0.25) is 9.52 Å². The zero-order chi connectivity index (χ0) is 22.6. The molecule has 1 fully saturated rings. The molecule has 3 aromatic rings. The van der Waals surface area contributed by atoms with E-state index in [1.165, 1.54) is 29.5 Å². The molecule has 0 radical (unpaired) electrons. The van der Waals surface area contributed by atoms with E-state index in [0.29, 0.717) is 44.0 Å². The van der Waals surface area contributed by atoms with Crippen molar-refractivity contribution in [3.8, 4) is 0 Å². The number of halogens is 1. The summed E-state index contributed by atoms with van der Waals surface area (Å²) in [6, 6.07) is 14.7. The second-order valence-corrected chi connectivity index (χ2v) is 9.92. The minimum Gasteiger partial charge on any atom is -0.366 e. The minimum atomic E-state index is -3.69. The third kappa shape index (κ3) is 5.25. The summed E-state index contributed by atoms with van der Waals surface area (Å²) in [5, 5.41) is 2.03. The lowest BCUT2D eigenvalue weighted by atomic mass is 10.2. The second-order valence-electron chi connectivity index (χ2n) is 7.38. The van der Waals surface area contributed by atoms with Gasteiger partial charge >= 0.3 is 0 Å². The van der Waals surface area contributed by atoms with Gasteiger partial charge in [-0.05, 0) is 30.7 Å². The zero-order valence-corrected chi connectivity index (χ0v) is 18.9. The Balaban J connectivity index is 1.27. The van der Waals surface area contributed by atoms with E-state index in [4.69, 9.17) is 0 Å². The molecular weight excluding hydrogens is 451 g/mol. The maximum absolute atomic E-state index is 14.0. The average Bonchev–Trinajstić information content (AvgIpc) is 3.25. The number of amides is 1. The van der Waals surface area contributed by atoms with Gasteiger partial charge in [0.2, 0.25) is 5.91 Å². The van der Waals surface area contributed by atoms with Crippen LogP contribution in [0.1, 0.15) is 12.1 Å². The summed E-state index contributed by atoms with van der Waals surface area (Å²) in [7, 11) is -3.69. The molecular formula is C22H23FN4O3S2. The smallest absolute Gasteiger partial charge is 0.263 e. The third-order valence-corrected chi connectivity index (χ3v) is 7.54. The SMILES string of the molecule is O=C(CCc1csc(NS(=O)(=O)c2ccccc2)n1)N1CCN(c2ccccc2F)CC1. The Bertz CT molecular complexity index is 1180. The van der Waals surface area contributed by atoms with Crippen molar-refractivity contribution in [1.82, 2.24) is 9.88 Å². The molecule has 1 aliphatic rings. The molecule has 0 aliphatic carbocycles. The van der Waals surface area contributed by atoms with Crippen LogP contribution in [-0.2, 0) is 21.2 Å². The summed E-state index contributed by atoms with van der Waals surface area (Å²) in [5.74, 6) is -0.243. The predicted molar refractivity (Wildman–Crippen MR) is 123 cm³/mol. The summed E-state index contributed by atoms with van der Waals surface area (Å²) < 4.78 is 41.2. The molecule has 1 saturated heterocycles. The van der Waals surface area contributed by atoms with E-state index in [9.17, 15) is 17.6 Å². The Labute approximate surface area is 190 Å². The number of anilines is 2. The van der Waals surface area contributed by atoms with Gasteiger partial charge < -0.3 is 9.80 Å². The first-order valence-corrected chi connectivity index (χ1v) is 12.6. The van der Waals surface area contributed by atoms with Crippen LogP contribution in [0.15, 0.2) is 64.9 Å². The van der Waals surface area contributed by atoms with Gasteiger partial charge in [0.1, 0.15) is 5.82 Å². The number of benzene rings is 2. The van der Waals surface area contributed by atoms with Crippen LogP contribution in [0.3, 0.4) is 0 Å². The van der Waals surface area contributed by atoms with Crippen LogP contribution < -0.4 is 9.62 Å². The molecule has 0 unspecified atom stereocenters. The van der Waals surface area contributed by atoms with Crippen molar-refractivity contribution in [3.63, 3.8) is 0 Å². The van der Waals surface area contributed by atoms with Gasteiger partial charge in [-0.15, -0.1) is 11.3 Å². The Hall–Kier alpha value is -2.98. The molecule has 1 amide bonds. The fourth-order valence-corrected chi connectivity index (χ4v) is 5.56. The van der Waals surface area contributed by atoms with Gasteiger partial charge in [0.05, 0.1) is 16.3 Å². The Kier molecular flexibility index (Phi) is 6.71. The number of piperazine rings is 1. The summed E-state index contributed by atoms with van der Waals surface area (Å²) in [6.07, 6.45) is 0.713. The number of aryl methyl sites for hydroxylation is 1. The number of thiazole rings is 1. The van der Waals surface area contributed by atoms with Crippen LogP contribution in [-0.4, -0.2) is 50.4 Å². The first-order chi connectivity index (χ1) is 15.4. The van der Waals surface area contributed by atoms with Crippen molar-refractivity contribution in [2.24, 2.45) is 0 Å². The maximum atomic E-state index is 14.0. The van der Waals surface area contributed by atoms with Gasteiger partial charge in [0.25, 0.3) is 10.0 Å². The number of carbonyl (C=O) groups is 1. The van der Waals surface area contributed by atoms with Gasteiger partial charge in [-0.1, -0.05) is 30.3 Å². The van der Waals surface area contributed by atoms with E-state index in [-0.39, 0.29) is 28.2 Å². The number of hydrogen-bond donors (Lipinski definition) is 1. The van der Waals surface area contributed by atoms with Crippen molar-refractivity contribution in [1.29, 1.82) is 0 Å². The van der Waals surface area contributed by atoms with Crippen molar-refractivity contribution < 1.29 is 17.6 Å². The minimum absolute atomic E-state index is 0.0117. The normalized spacial score (nSPS) is 14.4. The van der Waals surface area contributed by atoms with Crippen molar-refractivity contribution in [3.05, 3.63) is 71.5 Å². The molecule has 1 aliphatic heterocycles. The molecule has 7 nitrogen and oxygen atoms in total. The molecule has 168 valence electrons. The number of aromatic nitrogens is 1. The molecule has 0 saturated carbocycles. The van der Waals surface area contributed by atoms with E-state index in [1.54, 1.807) is 46.7 Å². The Morgan fingerprint density at radius 2 is 1.72 bits per heavy atom. The van der Waals surface area contributed by atoms with Gasteiger partial charge in [0, 0.05) is 38.0 Å². The monoisotopic (exact) mass is 474 g/mol. The quantitative estimate of drug-likeness (QED) is 0.568. The molecule has 10 heteroatoms. The average molecular weight is 475 g/mol. The van der Waals surface area contributed by atoms with Crippen LogP contribution in [0.4, 0.5) is 15.2 Å². The van der Waals surface area contributed by atoms with Gasteiger partial charge in [0.15, 0.2) is 5.13 Å². The topological polar surface area (TPSA) is 82.6 Å². The maximum Gasteiger partial charge on any atom is 0.263 e. The highest BCUT2D eigenvalue weighted by Crippen LogP contribution is 2.22. The summed E-state index contributed by atoms with van der Waals surface area (Å²) in [5.41, 5.74) is 1.23. The van der Waals surface area contributed by atoms with Crippen LogP contribution in [0, 0.1) is 5.82 Å². The highest BCUT2D eigenvalue weighted by molar-refractivity contribution is 7.93. The van der Waals surface area contributed by atoms with E-state index in [1.807, 2.05) is 4.90 Å². The van der Waals surface area contributed by atoms with Crippen molar-refractivity contribution >= 4 is 38.1 Å². The van der Waals surface area contributed by atoms with Crippen LogP contribution in [0.25, 0.3) is 0 Å². The lowest BCUT2D eigenvalue weighted by Crippen LogP contribution is -2.49. The van der Waals surface area contributed by atoms with Gasteiger partial charge in [-0.25, -0.2) is 17.8 Å². The molecule has 2 heterocycles. The molecule has 1 N–H and O–H groups in total. The van der Waals surface area contributed by atoms with E-state index in [0.717, 1.165) is 0 Å². The van der Waals surface area contributed by atoms with Crippen molar-refractivity contribution in [2.75, 3.05) is 35.8 Å². The number of sulfonamides is 1. The number of hydrogen-bond acceptors (Lipinski definition) is 6. The number of rotatable bonds is 7.